The Bertz CT molecular complexity index is 863. The first kappa shape index (κ1) is 18.7. The summed E-state index contributed by atoms with van der Waals surface area (Å²) in [5.41, 5.74) is 5.68. The van der Waals surface area contributed by atoms with Crippen LogP contribution in [0.5, 0.6) is 11.6 Å². The molecule has 2 amide bonds. The minimum Gasteiger partial charge on any atom is -0.495 e. The number of hydrogen-bond donors (Lipinski definition) is 2. The lowest BCUT2D eigenvalue weighted by molar-refractivity contribution is -0.125. The van der Waals surface area contributed by atoms with E-state index in [1.54, 1.807) is 24.3 Å². The van der Waals surface area contributed by atoms with Crippen molar-refractivity contribution in [1.82, 2.24) is 15.4 Å². The quantitative estimate of drug-likeness (QED) is 0.721. The standard InChI is InChI=1S/C17H18ClN5O4/c1-26-13-4-3-11(18)8-12(13)23-9-10(7-15(23)24)16(25)21-22-17-19-6-5-14(20-17)27-2/h3-6,8,10H,7,9H2,1-2H3,(H,21,25)(H,19,20,22). The Balaban J connectivity index is 1.66. The molecule has 2 aromatic rings. The minimum absolute atomic E-state index is 0.0716. The van der Waals surface area contributed by atoms with Gasteiger partial charge in [-0.25, -0.2) is 4.98 Å². The molecule has 0 spiro atoms. The zero-order valence-electron chi connectivity index (χ0n) is 14.7. The molecule has 1 aliphatic heterocycles. The summed E-state index contributed by atoms with van der Waals surface area (Å²) in [6, 6.07) is 6.58. The number of aromatic nitrogens is 2. The lowest BCUT2D eigenvalue weighted by Gasteiger charge is -2.20. The van der Waals surface area contributed by atoms with Gasteiger partial charge in [0.05, 0.1) is 25.8 Å². The molecule has 1 aromatic carbocycles. The third-order valence-electron chi connectivity index (χ3n) is 4.06. The third kappa shape index (κ3) is 4.20. The predicted octanol–water partition coefficient (Wildman–Crippen LogP) is 1.64. The molecule has 1 unspecified atom stereocenters. The molecular formula is C17H18ClN5O4. The maximum absolute atomic E-state index is 12.4. The van der Waals surface area contributed by atoms with Gasteiger partial charge in [-0.15, -0.1) is 0 Å². The van der Waals surface area contributed by atoms with Crippen LogP contribution in [0.3, 0.4) is 0 Å². The van der Waals surface area contributed by atoms with E-state index in [4.69, 9.17) is 21.1 Å². The number of carbonyl (C=O) groups excluding carboxylic acids is 2. The number of ether oxygens (including phenoxy) is 2. The maximum Gasteiger partial charge on any atom is 0.245 e. The van der Waals surface area contributed by atoms with Crippen LogP contribution in [-0.2, 0) is 9.59 Å². The molecule has 0 saturated carbocycles. The highest BCUT2D eigenvalue weighted by molar-refractivity contribution is 6.31. The van der Waals surface area contributed by atoms with Crippen molar-refractivity contribution in [2.24, 2.45) is 5.92 Å². The number of amides is 2. The zero-order valence-corrected chi connectivity index (χ0v) is 15.5. The SMILES string of the molecule is COc1ccnc(NNC(=O)C2CC(=O)N(c3cc(Cl)ccc3OC)C2)n1. The minimum atomic E-state index is -0.542. The molecule has 2 N–H and O–H groups in total. The molecule has 1 atom stereocenters. The molecule has 1 aliphatic rings. The van der Waals surface area contributed by atoms with Crippen molar-refractivity contribution < 1.29 is 19.1 Å². The van der Waals surface area contributed by atoms with Crippen molar-refractivity contribution in [3.05, 3.63) is 35.5 Å². The molecule has 0 aliphatic carbocycles. The van der Waals surface area contributed by atoms with E-state index in [-0.39, 0.29) is 30.7 Å². The van der Waals surface area contributed by atoms with Crippen LogP contribution in [0.4, 0.5) is 11.6 Å². The van der Waals surface area contributed by atoms with Gasteiger partial charge in [-0.2, -0.15) is 4.98 Å². The fourth-order valence-electron chi connectivity index (χ4n) is 2.73. The summed E-state index contributed by atoms with van der Waals surface area (Å²) in [5.74, 6) is -0.0277. The van der Waals surface area contributed by atoms with E-state index in [1.807, 2.05) is 0 Å². The van der Waals surface area contributed by atoms with Crippen LogP contribution in [0.15, 0.2) is 30.5 Å². The summed E-state index contributed by atoms with van der Waals surface area (Å²) in [4.78, 5) is 34.3. The van der Waals surface area contributed by atoms with E-state index < -0.39 is 5.92 Å². The molecule has 1 fully saturated rings. The molecule has 3 rings (SSSR count). The van der Waals surface area contributed by atoms with Crippen molar-refractivity contribution in [3.63, 3.8) is 0 Å². The molecule has 1 saturated heterocycles. The Hall–Kier alpha value is -3.07. The molecule has 2 heterocycles. The van der Waals surface area contributed by atoms with Crippen LogP contribution in [-0.4, -0.2) is 42.5 Å². The second kappa shape index (κ2) is 8.09. The first-order valence-corrected chi connectivity index (χ1v) is 8.46. The molecule has 0 radical (unpaired) electrons. The molecule has 0 bridgehead atoms. The lowest BCUT2D eigenvalue weighted by atomic mass is 10.1. The van der Waals surface area contributed by atoms with Gasteiger partial charge >= 0.3 is 0 Å². The van der Waals surface area contributed by atoms with Crippen LogP contribution in [0.1, 0.15) is 6.42 Å². The van der Waals surface area contributed by atoms with Crippen LogP contribution in [0, 0.1) is 5.92 Å². The highest BCUT2D eigenvalue weighted by Gasteiger charge is 2.36. The van der Waals surface area contributed by atoms with Gasteiger partial charge in [-0.05, 0) is 18.2 Å². The monoisotopic (exact) mass is 391 g/mol. The zero-order chi connectivity index (χ0) is 19.4. The summed E-state index contributed by atoms with van der Waals surface area (Å²) < 4.78 is 10.3. The number of rotatable bonds is 6. The number of hydrogen-bond acceptors (Lipinski definition) is 7. The van der Waals surface area contributed by atoms with Crippen molar-refractivity contribution in [1.29, 1.82) is 0 Å². The Labute approximate surface area is 160 Å². The largest absolute Gasteiger partial charge is 0.495 e. The van der Waals surface area contributed by atoms with Gasteiger partial charge in [-0.3, -0.25) is 20.4 Å². The summed E-state index contributed by atoms with van der Waals surface area (Å²) >= 11 is 6.03. The number of methoxy groups -OCH3 is 2. The molecule has 10 heteroatoms. The van der Waals surface area contributed by atoms with Gasteiger partial charge < -0.3 is 14.4 Å². The topological polar surface area (TPSA) is 106 Å². The van der Waals surface area contributed by atoms with E-state index >= 15 is 0 Å². The smallest absolute Gasteiger partial charge is 0.245 e. The summed E-state index contributed by atoms with van der Waals surface area (Å²) in [5, 5.41) is 0.475. The number of carbonyl (C=O) groups is 2. The van der Waals surface area contributed by atoms with Crippen molar-refractivity contribution in [2.75, 3.05) is 31.1 Å². The van der Waals surface area contributed by atoms with Crippen LogP contribution < -0.4 is 25.2 Å². The Morgan fingerprint density at radius 3 is 2.85 bits per heavy atom. The number of hydrazine groups is 1. The van der Waals surface area contributed by atoms with Gasteiger partial charge in [0.2, 0.25) is 23.6 Å². The lowest BCUT2D eigenvalue weighted by Crippen LogP contribution is -2.37. The number of nitrogens with zero attached hydrogens (tertiary/aromatic N) is 3. The average molecular weight is 392 g/mol. The van der Waals surface area contributed by atoms with Crippen LogP contribution >= 0.6 is 11.6 Å². The predicted molar refractivity (Wildman–Crippen MR) is 98.8 cm³/mol. The van der Waals surface area contributed by atoms with Gasteiger partial charge in [0.15, 0.2) is 0 Å². The second-order valence-corrected chi connectivity index (χ2v) is 6.19. The van der Waals surface area contributed by atoms with Gasteiger partial charge in [0.1, 0.15) is 5.75 Å². The van der Waals surface area contributed by atoms with E-state index in [0.29, 0.717) is 22.3 Å². The first-order chi connectivity index (χ1) is 13.0. The van der Waals surface area contributed by atoms with Crippen molar-refractivity contribution in [2.45, 2.75) is 6.42 Å². The Kier molecular flexibility index (Phi) is 5.60. The van der Waals surface area contributed by atoms with Crippen LogP contribution in [0.2, 0.25) is 5.02 Å². The van der Waals surface area contributed by atoms with Crippen LogP contribution in [0.25, 0.3) is 0 Å². The fraction of sp³-hybridized carbons (Fsp3) is 0.294. The number of halogens is 1. The summed E-state index contributed by atoms with van der Waals surface area (Å²) in [6.07, 6.45) is 1.56. The highest BCUT2D eigenvalue weighted by atomic mass is 35.5. The number of benzene rings is 1. The van der Waals surface area contributed by atoms with E-state index in [9.17, 15) is 9.59 Å². The van der Waals surface area contributed by atoms with Gasteiger partial charge in [0, 0.05) is 30.3 Å². The van der Waals surface area contributed by atoms with Gasteiger partial charge in [0.25, 0.3) is 0 Å². The van der Waals surface area contributed by atoms with E-state index in [1.165, 1.54) is 25.3 Å². The number of anilines is 2. The van der Waals surface area contributed by atoms with Crippen molar-refractivity contribution >= 4 is 35.1 Å². The molecule has 27 heavy (non-hydrogen) atoms. The summed E-state index contributed by atoms with van der Waals surface area (Å²) in [6.45, 7) is 0.210. The third-order valence-corrected chi connectivity index (χ3v) is 4.30. The average Bonchev–Trinajstić information content (AvgIpc) is 3.07. The van der Waals surface area contributed by atoms with E-state index in [0.717, 1.165) is 0 Å². The van der Waals surface area contributed by atoms with Gasteiger partial charge in [-0.1, -0.05) is 11.6 Å². The second-order valence-electron chi connectivity index (χ2n) is 5.76. The Morgan fingerprint density at radius 2 is 2.11 bits per heavy atom. The van der Waals surface area contributed by atoms with E-state index in [2.05, 4.69) is 20.8 Å². The maximum atomic E-state index is 12.4. The molecule has 1 aromatic heterocycles. The fourth-order valence-corrected chi connectivity index (χ4v) is 2.89. The highest BCUT2D eigenvalue weighted by Crippen LogP contribution is 2.35. The summed E-state index contributed by atoms with van der Waals surface area (Å²) in [7, 11) is 2.99. The Morgan fingerprint density at radius 1 is 1.30 bits per heavy atom. The molecule has 9 nitrogen and oxygen atoms in total. The number of nitrogens with one attached hydrogen (secondary N) is 2. The molecular weight excluding hydrogens is 374 g/mol. The normalized spacial score (nSPS) is 16.2. The van der Waals surface area contributed by atoms with Crippen molar-refractivity contribution in [3.8, 4) is 11.6 Å². The first-order valence-electron chi connectivity index (χ1n) is 8.08. The molecule has 142 valence electrons.